The first-order valence-electron chi connectivity index (χ1n) is 9.40. The maximum absolute atomic E-state index is 2.66. The summed E-state index contributed by atoms with van der Waals surface area (Å²) in [6.07, 6.45) is 3.51. The Morgan fingerprint density at radius 1 is 1.05 bits per heavy atom. The molecule has 0 saturated heterocycles. The third-order valence-corrected chi connectivity index (χ3v) is 16.6. The normalized spacial score (nSPS) is 25.9. The van der Waals surface area contributed by atoms with Gasteiger partial charge in [-0.05, 0) is 6.42 Å². The molecular formula is C18H38BNSi2. The summed E-state index contributed by atoms with van der Waals surface area (Å²) in [5.74, 6) is 0. The smallest absolute Gasteiger partial charge is 0.236 e. The zero-order chi connectivity index (χ0) is 17.1. The monoisotopic (exact) mass is 335 g/mol. The molecule has 0 bridgehead atoms. The summed E-state index contributed by atoms with van der Waals surface area (Å²) in [5, 5.41) is 1.94. The van der Waals surface area contributed by atoms with Crippen LogP contribution in [0.25, 0.3) is 0 Å². The first kappa shape index (κ1) is 18.3. The van der Waals surface area contributed by atoms with Crippen molar-refractivity contribution in [2.24, 2.45) is 0 Å². The SMILES string of the molecule is CCC1=C([Si](C)(C)C)[Si](C)(C)C2=C1[B-](CC)(CC)[N+](C)(C)C2. The Bertz CT molecular complexity index is 546. The molecule has 2 aliphatic heterocycles. The summed E-state index contributed by atoms with van der Waals surface area (Å²) in [6, 6.07) is 0. The van der Waals surface area contributed by atoms with Gasteiger partial charge in [0, 0.05) is 14.1 Å². The van der Waals surface area contributed by atoms with Crippen molar-refractivity contribution in [1.29, 1.82) is 0 Å². The topological polar surface area (TPSA) is 0 Å². The fraction of sp³-hybridized carbons (Fsp3) is 0.778. The van der Waals surface area contributed by atoms with Crippen molar-refractivity contribution in [1.82, 2.24) is 0 Å². The summed E-state index contributed by atoms with van der Waals surface area (Å²) >= 11 is 0. The molecule has 0 unspecified atom stereocenters. The minimum atomic E-state index is -1.41. The van der Waals surface area contributed by atoms with Gasteiger partial charge in [-0.25, -0.2) is 0 Å². The molecule has 2 heterocycles. The molecule has 0 spiro atoms. The van der Waals surface area contributed by atoms with Crippen molar-refractivity contribution in [3.63, 3.8) is 0 Å². The highest BCUT2D eigenvalue weighted by Crippen LogP contribution is 2.55. The van der Waals surface area contributed by atoms with Crippen molar-refractivity contribution >= 4 is 22.4 Å². The lowest BCUT2D eigenvalue weighted by Crippen LogP contribution is -2.62. The number of rotatable bonds is 4. The Morgan fingerprint density at radius 2 is 1.55 bits per heavy atom. The van der Waals surface area contributed by atoms with Crippen molar-refractivity contribution in [3.8, 4) is 0 Å². The highest BCUT2D eigenvalue weighted by atomic mass is 28.4. The highest BCUT2D eigenvalue weighted by molar-refractivity contribution is 7.10. The van der Waals surface area contributed by atoms with Gasteiger partial charge in [0.25, 0.3) is 0 Å². The predicted molar refractivity (Wildman–Crippen MR) is 109 cm³/mol. The number of likely N-dealkylation sites (N-methyl/N-ethyl adjacent to an activating group) is 1. The summed E-state index contributed by atoms with van der Waals surface area (Å²) in [6.45, 7) is 21.7. The van der Waals surface area contributed by atoms with Crippen LogP contribution >= 0.6 is 0 Å². The van der Waals surface area contributed by atoms with E-state index in [1.807, 2.05) is 21.1 Å². The number of nitrogens with zero attached hydrogens (tertiary/aromatic N) is 1. The van der Waals surface area contributed by atoms with E-state index in [4.69, 9.17) is 0 Å². The first-order chi connectivity index (χ1) is 9.90. The molecule has 126 valence electrons. The Kier molecular flexibility index (Phi) is 4.34. The van der Waals surface area contributed by atoms with Gasteiger partial charge in [0.1, 0.15) is 8.07 Å². The standard InChI is InChI=1S/C18H38BNSi2/c1-11-15-17-16(22(9,10)18(15)21(6,7)8)14-20(4,5)19(17,12-2)13-3/h11-14H2,1-10H3. The van der Waals surface area contributed by atoms with Crippen LogP contribution in [0.4, 0.5) is 0 Å². The molecule has 0 aromatic rings. The minimum absolute atomic E-state index is 0.435. The molecule has 0 aliphatic carbocycles. The summed E-state index contributed by atoms with van der Waals surface area (Å²) < 4.78 is 1.25. The molecule has 0 aromatic carbocycles. The lowest BCUT2D eigenvalue weighted by molar-refractivity contribution is -0.781. The Labute approximate surface area is 141 Å². The molecule has 1 nitrogen and oxygen atoms in total. The Balaban J connectivity index is 2.80. The van der Waals surface area contributed by atoms with E-state index in [1.54, 1.807) is 0 Å². The van der Waals surface area contributed by atoms with Crippen molar-refractivity contribution in [2.75, 3.05) is 20.6 Å². The maximum atomic E-state index is 2.66. The highest BCUT2D eigenvalue weighted by Gasteiger charge is 2.57. The van der Waals surface area contributed by atoms with E-state index in [-0.39, 0.29) is 0 Å². The summed E-state index contributed by atoms with van der Waals surface area (Å²) in [7, 11) is 2.37. The molecular weight excluding hydrogens is 297 g/mol. The molecule has 0 amide bonds. The van der Waals surface area contributed by atoms with E-state index >= 15 is 0 Å². The summed E-state index contributed by atoms with van der Waals surface area (Å²) in [5.41, 5.74) is 3.75. The third-order valence-electron chi connectivity index (χ3n) is 7.23. The van der Waals surface area contributed by atoms with Crippen LogP contribution in [0, 0.1) is 0 Å². The quantitative estimate of drug-likeness (QED) is 0.613. The van der Waals surface area contributed by atoms with E-state index in [2.05, 4.69) is 67.6 Å². The van der Waals surface area contributed by atoms with Crippen LogP contribution < -0.4 is 0 Å². The van der Waals surface area contributed by atoms with Crippen LogP contribution in [-0.4, -0.2) is 47.5 Å². The average molecular weight is 335 g/mol. The van der Waals surface area contributed by atoms with Gasteiger partial charge in [-0.2, -0.15) is 0 Å². The number of quaternary nitrogens is 1. The molecule has 0 atom stereocenters. The molecule has 0 radical (unpaired) electrons. The molecule has 0 saturated carbocycles. The zero-order valence-corrected chi connectivity index (χ0v) is 18.9. The van der Waals surface area contributed by atoms with E-state index in [0.29, 0.717) is 0 Å². The van der Waals surface area contributed by atoms with E-state index in [9.17, 15) is 0 Å². The Hall–Kier alpha value is -0.0613. The largest absolute Gasteiger partial charge is 0.513 e. The van der Waals surface area contributed by atoms with E-state index < -0.39 is 22.4 Å². The second-order valence-electron chi connectivity index (χ2n) is 9.92. The van der Waals surface area contributed by atoms with E-state index in [1.165, 1.54) is 30.0 Å². The predicted octanol–water partition coefficient (Wildman–Crippen LogP) is 5.28. The minimum Gasteiger partial charge on any atom is -0.513 e. The van der Waals surface area contributed by atoms with Gasteiger partial charge in [0.15, 0.2) is 0 Å². The van der Waals surface area contributed by atoms with Crippen LogP contribution in [0.1, 0.15) is 27.2 Å². The molecule has 4 heteroatoms. The lowest BCUT2D eigenvalue weighted by Gasteiger charge is -2.53. The number of allylic oxidation sites excluding steroid dienone is 2. The van der Waals surface area contributed by atoms with Gasteiger partial charge in [0.05, 0.1) is 14.6 Å². The third kappa shape index (κ3) is 2.13. The fourth-order valence-corrected chi connectivity index (χ4v) is 18.9. The zero-order valence-electron chi connectivity index (χ0n) is 16.9. The second kappa shape index (κ2) is 5.22. The van der Waals surface area contributed by atoms with Gasteiger partial charge < -0.3 is 4.39 Å². The van der Waals surface area contributed by atoms with Gasteiger partial charge >= 0.3 is 0 Å². The van der Waals surface area contributed by atoms with Crippen molar-refractivity contribution < 1.29 is 4.39 Å². The second-order valence-corrected chi connectivity index (χ2v) is 19.8. The molecule has 2 aliphatic rings. The van der Waals surface area contributed by atoms with Gasteiger partial charge in [-0.3, -0.25) is 0 Å². The Morgan fingerprint density at radius 3 is 1.91 bits per heavy atom. The molecule has 0 aromatic heterocycles. The van der Waals surface area contributed by atoms with Crippen molar-refractivity contribution in [3.05, 3.63) is 21.1 Å². The number of hydrogen-bond acceptors (Lipinski definition) is 0. The van der Waals surface area contributed by atoms with Gasteiger partial charge in [0.2, 0.25) is 6.28 Å². The fourth-order valence-electron chi connectivity index (χ4n) is 6.49. The van der Waals surface area contributed by atoms with Gasteiger partial charge in [-0.15, -0.1) is 18.1 Å². The molecule has 22 heavy (non-hydrogen) atoms. The molecule has 0 fully saturated rings. The van der Waals surface area contributed by atoms with Crippen LogP contribution in [0.5, 0.6) is 0 Å². The average Bonchev–Trinajstić information content (AvgIpc) is 2.74. The first-order valence-corrected chi connectivity index (χ1v) is 15.9. The van der Waals surface area contributed by atoms with Crippen molar-refractivity contribution in [2.45, 2.75) is 72.6 Å². The van der Waals surface area contributed by atoms with Crippen LogP contribution in [0.3, 0.4) is 0 Å². The van der Waals surface area contributed by atoms with E-state index in [0.717, 1.165) is 0 Å². The molecule has 0 N–H and O–H groups in total. The summed E-state index contributed by atoms with van der Waals surface area (Å²) in [4.78, 5) is 2.00. The maximum Gasteiger partial charge on any atom is 0.236 e. The van der Waals surface area contributed by atoms with Crippen LogP contribution in [0.2, 0.25) is 45.4 Å². The van der Waals surface area contributed by atoms with Crippen LogP contribution in [0.15, 0.2) is 21.1 Å². The van der Waals surface area contributed by atoms with Gasteiger partial charge in [-0.1, -0.05) is 69.1 Å². The van der Waals surface area contributed by atoms with Crippen LogP contribution in [-0.2, 0) is 0 Å². The lowest BCUT2D eigenvalue weighted by atomic mass is 9.25. The molecule has 2 rings (SSSR count). The number of hydrogen-bond donors (Lipinski definition) is 0.